The summed E-state index contributed by atoms with van der Waals surface area (Å²) in [7, 11) is 0. The monoisotopic (exact) mass is 395 g/mol. The lowest BCUT2D eigenvalue weighted by Gasteiger charge is -2.30. The fourth-order valence-electron chi connectivity index (χ4n) is 5.65. The summed E-state index contributed by atoms with van der Waals surface area (Å²) in [4.78, 5) is 25.2. The third-order valence-electron chi connectivity index (χ3n) is 6.97. The maximum Gasteiger partial charge on any atom is 0.357 e. The van der Waals surface area contributed by atoms with Gasteiger partial charge in [-0.15, -0.1) is 0 Å². The zero-order chi connectivity index (χ0) is 20.2. The second kappa shape index (κ2) is 6.87. The van der Waals surface area contributed by atoms with Crippen LogP contribution in [0, 0.1) is 11.8 Å². The third-order valence-corrected chi connectivity index (χ3v) is 6.97. The highest BCUT2D eigenvalue weighted by Gasteiger charge is 2.39. The lowest BCUT2D eigenvalue weighted by molar-refractivity contribution is -0.119. The molecule has 2 aliphatic heterocycles. The highest BCUT2D eigenvalue weighted by atomic mass is 16.6. The fraction of sp³-hybridized carbons (Fsp3) is 0.565. The number of benzene rings is 1. The SMILES string of the molecule is CC1(C)OC(=O)c2cc3cc(NC(=O)[C@H]4NCC[C@H]4C4CCCCC4)ccc3n21. The first-order chi connectivity index (χ1) is 13.9. The molecule has 6 heteroatoms. The number of ether oxygens (including phenoxy) is 1. The number of aromatic nitrogens is 1. The molecule has 5 rings (SSSR count). The van der Waals surface area contributed by atoms with Crippen LogP contribution >= 0.6 is 0 Å². The zero-order valence-electron chi connectivity index (χ0n) is 17.2. The number of carbonyl (C=O) groups excluding carboxylic acids is 2. The molecular formula is C23H29N3O3. The first-order valence-corrected chi connectivity index (χ1v) is 10.9. The highest BCUT2D eigenvalue weighted by molar-refractivity contribution is 6.01. The molecule has 0 radical (unpaired) electrons. The molecule has 1 aromatic carbocycles. The number of fused-ring (bicyclic) bond motifs is 3. The van der Waals surface area contributed by atoms with Gasteiger partial charge in [0.2, 0.25) is 5.91 Å². The van der Waals surface area contributed by atoms with Gasteiger partial charge in [-0.3, -0.25) is 9.36 Å². The Morgan fingerprint density at radius 1 is 1.17 bits per heavy atom. The number of nitrogens with zero attached hydrogens (tertiary/aromatic N) is 1. The van der Waals surface area contributed by atoms with Crippen molar-refractivity contribution in [3.63, 3.8) is 0 Å². The van der Waals surface area contributed by atoms with Crippen molar-refractivity contribution in [3.8, 4) is 0 Å². The van der Waals surface area contributed by atoms with Gasteiger partial charge in [-0.25, -0.2) is 4.79 Å². The van der Waals surface area contributed by atoms with E-state index in [0.717, 1.165) is 29.6 Å². The summed E-state index contributed by atoms with van der Waals surface area (Å²) in [6.45, 7) is 4.68. The molecule has 2 fully saturated rings. The summed E-state index contributed by atoms with van der Waals surface area (Å²) in [5.74, 6) is 0.860. The summed E-state index contributed by atoms with van der Waals surface area (Å²) in [6.07, 6.45) is 7.52. The third kappa shape index (κ3) is 3.14. The molecule has 3 heterocycles. The van der Waals surface area contributed by atoms with E-state index in [4.69, 9.17) is 4.74 Å². The Hall–Kier alpha value is -2.34. The topological polar surface area (TPSA) is 72.4 Å². The van der Waals surface area contributed by atoms with E-state index in [1.807, 2.05) is 42.7 Å². The number of carbonyl (C=O) groups is 2. The Kier molecular flexibility index (Phi) is 4.42. The minimum atomic E-state index is -0.695. The Bertz CT molecular complexity index is 971. The second-order valence-electron chi connectivity index (χ2n) is 9.25. The summed E-state index contributed by atoms with van der Waals surface area (Å²) in [5.41, 5.74) is 1.57. The Morgan fingerprint density at radius 3 is 2.76 bits per heavy atom. The van der Waals surface area contributed by atoms with Gasteiger partial charge in [0.1, 0.15) is 5.69 Å². The number of cyclic esters (lactones) is 1. The lowest BCUT2D eigenvalue weighted by atomic mass is 9.76. The number of esters is 1. The average Bonchev–Trinajstić information content (AvgIpc) is 3.37. The van der Waals surface area contributed by atoms with Crippen LogP contribution in [0.15, 0.2) is 24.3 Å². The van der Waals surface area contributed by atoms with Crippen molar-refractivity contribution in [1.29, 1.82) is 0 Å². The van der Waals surface area contributed by atoms with Gasteiger partial charge in [-0.1, -0.05) is 32.1 Å². The number of rotatable bonds is 3. The summed E-state index contributed by atoms with van der Waals surface area (Å²) >= 11 is 0. The van der Waals surface area contributed by atoms with Gasteiger partial charge in [-0.2, -0.15) is 0 Å². The van der Waals surface area contributed by atoms with Gasteiger partial charge in [0.25, 0.3) is 0 Å². The van der Waals surface area contributed by atoms with Gasteiger partial charge < -0.3 is 15.4 Å². The molecule has 154 valence electrons. The van der Waals surface area contributed by atoms with Crippen LogP contribution in [0.3, 0.4) is 0 Å². The molecule has 6 nitrogen and oxygen atoms in total. The largest absolute Gasteiger partial charge is 0.434 e. The molecule has 29 heavy (non-hydrogen) atoms. The molecule has 2 aromatic rings. The van der Waals surface area contributed by atoms with Crippen molar-refractivity contribution in [1.82, 2.24) is 9.88 Å². The van der Waals surface area contributed by atoms with E-state index in [1.54, 1.807) is 0 Å². The van der Waals surface area contributed by atoms with E-state index >= 15 is 0 Å². The Morgan fingerprint density at radius 2 is 1.97 bits per heavy atom. The minimum absolute atomic E-state index is 0.0592. The molecule has 1 amide bonds. The van der Waals surface area contributed by atoms with E-state index in [9.17, 15) is 9.59 Å². The van der Waals surface area contributed by atoms with Crippen molar-refractivity contribution in [2.24, 2.45) is 11.8 Å². The van der Waals surface area contributed by atoms with Crippen LogP contribution in [0.4, 0.5) is 5.69 Å². The number of nitrogens with one attached hydrogen (secondary N) is 2. The molecule has 1 saturated carbocycles. The Balaban J connectivity index is 1.36. The second-order valence-corrected chi connectivity index (χ2v) is 9.25. The molecule has 1 saturated heterocycles. The quantitative estimate of drug-likeness (QED) is 0.771. The standard InChI is InChI=1S/C23H29N3O3/c1-23(2)26-18-9-8-16(12-15(18)13-19(26)22(28)29-23)25-21(27)20-17(10-11-24-20)14-6-4-3-5-7-14/h8-9,12-14,17,20,24H,3-7,10-11H2,1-2H3,(H,25,27)/t17-,20-/m0/s1. The molecule has 1 aliphatic carbocycles. The maximum absolute atomic E-state index is 13.0. The minimum Gasteiger partial charge on any atom is -0.434 e. The van der Waals surface area contributed by atoms with Gasteiger partial charge in [-0.05, 0) is 62.9 Å². The molecule has 3 aliphatic rings. The summed E-state index contributed by atoms with van der Waals surface area (Å²) in [6, 6.07) is 7.56. The van der Waals surface area contributed by atoms with Crippen molar-refractivity contribution in [2.75, 3.05) is 11.9 Å². The van der Waals surface area contributed by atoms with Crippen LogP contribution in [0.2, 0.25) is 0 Å². The summed E-state index contributed by atoms with van der Waals surface area (Å²) < 4.78 is 7.37. The molecule has 0 spiro atoms. The molecule has 0 bridgehead atoms. The predicted octanol–water partition coefficient (Wildman–Crippen LogP) is 4.00. The fourth-order valence-corrected chi connectivity index (χ4v) is 5.65. The molecular weight excluding hydrogens is 366 g/mol. The van der Waals surface area contributed by atoms with E-state index in [0.29, 0.717) is 17.5 Å². The van der Waals surface area contributed by atoms with Gasteiger partial charge in [0.15, 0.2) is 5.72 Å². The first-order valence-electron chi connectivity index (χ1n) is 10.9. The van der Waals surface area contributed by atoms with Gasteiger partial charge in [0.05, 0.1) is 11.6 Å². The van der Waals surface area contributed by atoms with Crippen LogP contribution in [-0.4, -0.2) is 29.0 Å². The van der Waals surface area contributed by atoms with Crippen molar-refractivity contribution in [2.45, 2.75) is 64.1 Å². The highest BCUT2D eigenvalue weighted by Crippen LogP contribution is 2.37. The van der Waals surface area contributed by atoms with E-state index in [2.05, 4.69) is 10.6 Å². The Labute approximate surface area is 171 Å². The molecule has 0 unspecified atom stereocenters. The maximum atomic E-state index is 13.0. The van der Waals surface area contributed by atoms with E-state index in [1.165, 1.54) is 32.1 Å². The van der Waals surface area contributed by atoms with Crippen molar-refractivity contribution < 1.29 is 14.3 Å². The van der Waals surface area contributed by atoms with Crippen LogP contribution in [0.5, 0.6) is 0 Å². The smallest absolute Gasteiger partial charge is 0.357 e. The number of hydrogen-bond donors (Lipinski definition) is 2. The van der Waals surface area contributed by atoms with Crippen molar-refractivity contribution >= 4 is 28.5 Å². The van der Waals surface area contributed by atoms with E-state index < -0.39 is 5.72 Å². The number of anilines is 1. The first kappa shape index (κ1) is 18.7. The summed E-state index contributed by atoms with van der Waals surface area (Å²) in [5, 5.41) is 7.48. The van der Waals surface area contributed by atoms with Crippen LogP contribution in [-0.2, 0) is 15.3 Å². The lowest BCUT2D eigenvalue weighted by Crippen LogP contribution is -2.42. The van der Waals surface area contributed by atoms with Gasteiger partial charge >= 0.3 is 5.97 Å². The number of amides is 1. The predicted molar refractivity (Wildman–Crippen MR) is 112 cm³/mol. The molecule has 2 N–H and O–H groups in total. The molecule has 1 aromatic heterocycles. The zero-order valence-corrected chi connectivity index (χ0v) is 17.2. The normalized spacial score (nSPS) is 26.5. The average molecular weight is 396 g/mol. The van der Waals surface area contributed by atoms with Crippen LogP contribution in [0.25, 0.3) is 10.9 Å². The van der Waals surface area contributed by atoms with Gasteiger partial charge in [0, 0.05) is 11.1 Å². The van der Waals surface area contributed by atoms with Crippen LogP contribution in [0.1, 0.15) is 62.9 Å². The number of hydrogen-bond acceptors (Lipinski definition) is 4. The molecule has 2 atom stereocenters. The van der Waals surface area contributed by atoms with Crippen LogP contribution < -0.4 is 10.6 Å². The van der Waals surface area contributed by atoms with E-state index in [-0.39, 0.29) is 17.9 Å². The van der Waals surface area contributed by atoms with Crippen molar-refractivity contribution in [3.05, 3.63) is 30.0 Å².